The third kappa shape index (κ3) is 29.0. The number of carbonyl (C=O) groups excluding carboxylic acids is 1. The Morgan fingerprint density at radius 1 is 0.568 bits per heavy atom. The zero-order chi connectivity index (χ0) is 32.4. The Kier molecular flexibility index (Phi) is 32.9. The van der Waals surface area contributed by atoms with Crippen molar-refractivity contribution in [3.05, 3.63) is 48.6 Å². The molecule has 0 saturated carbocycles. The number of carbonyl (C=O) groups is 1. The van der Waals surface area contributed by atoms with Gasteiger partial charge in [-0.1, -0.05) is 133 Å². The van der Waals surface area contributed by atoms with Gasteiger partial charge in [0, 0.05) is 6.42 Å². The first-order valence-electron chi connectivity index (χ1n) is 18.4. The van der Waals surface area contributed by atoms with Crippen LogP contribution in [0.4, 0.5) is 0 Å². The van der Waals surface area contributed by atoms with E-state index >= 15 is 0 Å². The second-order valence-electron chi connectivity index (χ2n) is 12.4. The Morgan fingerprint density at radius 3 is 1.57 bits per heavy atom. The third-order valence-corrected chi connectivity index (χ3v) is 8.16. The van der Waals surface area contributed by atoms with Crippen LogP contribution in [0.1, 0.15) is 168 Å². The number of hydrogen-bond acceptors (Lipinski definition) is 4. The first-order chi connectivity index (χ1) is 21.6. The molecule has 0 aromatic heterocycles. The van der Waals surface area contributed by atoms with E-state index in [9.17, 15) is 20.1 Å². The van der Waals surface area contributed by atoms with Gasteiger partial charge in [0.2, 0.25) is 5.91 Å². The molecule has 0 heterocycles. The number of rotatable bonds is 32. The highest BCUT2D eigenvalue weighted by Crippen LogP contribution is 2.12. The van der Waals surface area contributed by atoms with Crippen LogP contribution >= 0.6 is 0 Å². The lowest BCUT2D eigenvalue weighted by Gasteiger charge is -2.26. The molecule has 0 aliphatic rings. The minimum Gasteiger partial charge on any atom is -0.394 e. The highest BCUT2D eigenvalue weighted by molar-refractivity contribution is 5.76. The van der Waals surface area contributed by atoms with Crippen LogP contribution in [0, 0.1) is 0 Å². The Hall–Kier alpha value is -1.69. The van der Waals surface area contributed by atoms with Gasteiger partial charge in [0.15, 0.2) is 0 Å². The zero-order valence-electron chi connectivity index (χ0n) is 28.8. The van der Waals surface area contributed by atoms with E-state index < -0.39 is 18.2 Å². The molecule has 0 aliphatic heterocycles. The Balaban J connectivity index is 3.82. The predicted molar refractivity (Wildman–Crippen MR) is 190 cm³/mol. The van der Waals surface area contributed by atoms with Crippen molar-refractivity contribution in [2.75, 3.05) is 6.61 Å². The Morgan fingerprint density at radius 2 is 1.00 bits per heavy atom. The van der Waals surface area contributed by atoms with Crippen LogP contribution < -0.4 is 5.32 Å². The van der Waals surface area contributed by atoms with Gasteiger partial charge in [0.25, 0.3) is 0 Å². The van der Waals surface area contributed by atoms with E-state index in [-0.39, 0.29) is 12.5 Å². The summed E-state index contributed by atoms with van der Waals surface area (Å²) in [4.78, 5) is 12.3. The maximum atomic E-state index is 12.3. The summed E-state index contributed by atoms with van der Waals surface area (Å²) in [6, 6.07) is -0.838. The zero-order valence-corrected chi connectivity index (χ0v) is 28.8. The normalized spacial score (nSPS) is 14.4. The minimum absolute atomic E-state index is 0.174. The van der Waals surface area contributed by atoms with Gasteiger partial charge in [0.05, 0.1) is 18.8 Å². The molecule has 0 fully saturated rings. The monoisotopic (exact) mass is 618 g/mol. The van der Waals surface area contributed by atoms with Crippen LogP contribution in [-0.4, -0.2) is 46.1 Å². The topological polar surface area (TPSA) is 89.8 Å². The van der Waals surface area contributed by atoms with Gasteiger partial charge in [-0.05, 0) is 77.0 Å². The molecule has 3 unspecified atom stereocenters. The van der Waals surface area contributed by atoms with Crippen LogP contribution in [-0.2, 0) is 4.79 Å². The molecule has 5 heteroatoms. The molecule has 0 aliphatic carbocycles. The molecule has 1 amide bonds. The van der Waals surface area contributed by atoms with Crippen molar-refractivity contribution in [1.29, 1.82) is 0 Å². The summed E-state index contributed by atoms with van der Waals surface area (Å²) >= 11 is 0. The largest absolute Gasteiger partial charge is 0.394 e. The van der Waals surface area contributed by atoms with Crippen LogP contribution in [0.15, 0.2) is 48.6 Å². The molecule has 0 aromatic carbocycles. The molecule has 0 radical (unpaired) electrons. The molecule has 0 bridgehead atoms. The lowest BCUT2D eigenvalue weighted by Crippen LogP contribution is -2.50. The highest BCUT2D eigenvalue weighted by Gasteiger charge is 2.26. The van der Waals surface area contributed by atoms with E-state index in [1.807, 2.05) is 0 Å². The average molecular weight is 618 g/mol. The number of hydrogen-bond donors (Lipinski definition) is 4. The number of aliphatic hydroxyl groups is 3. The highest BCUT2D eigenvalue weighted by atomic mass is 16.3. The molecular formula is C39H71NO4. The number of aliphatic hydroxyl groups excluding tert-OH is 3. The maximum Gasteiger partial charge on any atom is 0.220 e. The quantitative estimate of drug-likeness (QED) is 0.0344. The molecule has 3 atom stereocenters. The van der Waals surface area contributed by atoms with Gasteiger partial charge in [-0.3, -0.25) is 4.79 Å². The number of amides is 1. The van der Waals surface area contributed by atoms with E-state index in [2.05, 4.69) is 67.8 Å². The van der Waals surface area contributed by atoms with Gasteiger partial charge in [0.1, 0.15) is 6.10 Å². The second kappa shape index (κ2) is 34.2. The summed E-state index contributed by atoms with van der Waals surface area (Å²) in [7, 11) is 0. The summed E-state index contributed by atoms with van der Waals surface area (Å²) in [5, 5.41) is 33.3. The molecular weight excluding hydrogens is 546 g/mol. The number of unbranched alkanes of at least 4 members (excludes halogenated alkanes) is 17. The SMILES string of the molecule is CCCCC/C=C\C=C/CCCCCCCCC(=O)NC(CO)C(O)C(O)CCC/C=C/CC/C=C/CCCCCCCC. The predicted octanol–water partition coefficient (Wildman–Crippen LogP) is 9.81. The van der Waals surface area contributed by atoms with Crippen molar-refractivity contribution in [3.63, 3.8) is 0 Å². The van der Waals surface area contributed by atoms with Gasteiger partial charge in [-0.2, -0.15) is 0 Å². The molecule has 0 aromatic rings. The van der Waals surface area contributed by atoms with Gasteiger partial charge < -0.3 is 20.6 Å². The van der Waals surface area contributed by atoms with Crippen LogP contribution in [0.2, 0.25) is 0 Å². The Labute approximate surface area is 272 Å². The summed E-state index contributed by atoms with van der Waals surface area (Å²) in [5.41, 5.74) is 0. The van der Waals surface area contributed by atoms with Crippen molar-refractivity contribution in [1.82, 2.24) is 5.32 Å². The molecule has 256 valence electrons. The third-order valence-electron chi connectivity index (χ3n) is 8.16. The van der Waals surface area contributed by atoms with Crippen LogP contribution in [0.3, 0.4) is 0 Å². The minimum atomic E-state index is -1.17. The smallest absolute Gasteiger partial charge is 0.220 e. The Bertz CT molecular complexity index is 730. The fourth-order valence-corrected chi connectivity index (χ4v) is 5.22. The van der Waals surface area contributed by atoms with Crippen molar-refractivity contribution in [3.8, 4) is 0 Å². The molecule has 0 spiro atoms. The fourth-order valence-electron chi connectivity index (χ4n) is 5.22. The molecule has 4 N–H and O–H groups in total. The van der Waals surface area contributed by atoms with Crippen molar-refractivity contribution in [2.45, 2.75) is 186 Å². The van der Waals surface area contributed by atoms with E-state index in [0.717, 1.165) is 51.4 Å². The van der Waals surface area contributed by atoms with Crippen molar-refractivity contribution in [2.24, 2.45) is 0 Å². The van der Waals surface area contributed by atoms with E-state index in [0.29, 0.717) is 12.8 Å². The standard InChI is InChI=1S/C39H71NO4/c1-3-5-7-9-11-13-15-17-19-21-23-25-27-29-31-33-37(42)39(44)36(35-41)40-38(43)34-32-30-28-26-24-22-20-18-16-14-12-10-8-6-4-2/h12,14,16-19,25,27,36-37,39,41-42,44H,3-11,13,15,20-24,26,28-35H2,1-2H3,(H,40,43)/b14-12-,18-16-,19-17+,27-25+. The summed E-state index contributed by atoms with van der Waals surface area (Å²) < 4.78 is 0. The maximum absolute atomic E-state index is 12.3. The summed E-state index contributed by atoms with van der Waals surface area (Å²) in [5.74, 6) is -0.174. The number of allylic oxidation sites excluding steroid dienone is 8. The first-order valence-corrected chi connectivity index (χ1v) is 18.4. The lowest BCUT2D eigenvalue weighted by atomic mass is 10.0. The molecule has 0 saturated heterocycles. The first kappa shape index (κ1) is 42.3. The number of nitrogens with one attached hydrogen (secondary N) is 1. The molecule has 44 heavy (non-hydrogen) atoms. The summed E-state index contributed by atoms with van der Waals surface area (Å²) in [6.07, 6.45) is 42.0. The van der Waals surface area contributed by atoms with E-state index in [4.69, 9.17) is 0 Å². The lowest BCUT2D eigenvalue weighted by molar-refractivity contribution is -0.124. The van der Waals surface area contributed by atoms with Crippen LogP contribution in [0.5, 0.6) is 0 Å². The van der Waals surface area contributed by atoms with Crippen molar-refractivity contribution >= 4 is 5.91 Å². The van der Waals surface area contributed by atoms with Gasteiger partial charge >= 0.3 is 0 Å². The average Bonchev–Trinajstić information content (AvgIpc) is 3.03. The van der Waals surface area contributed by atoms with Crippen molar-refractivity contribution < 1.29 is 20.1 Å². The van der Waals surface area contributed by atoms with E-state index in [1.54, 1.807) is 0 Å². The van der Waals surface area contributed by atoms with Crippen LogP contribution in [0.25, 0.3) is 0 Å². The summed E-state index contributed by atoms with van der Waals surface area (Å²) in [6.45, 7) is 4.09. The van der Waals surface area contributed by atoms with E-state index in [1.165, 1.54) is 89.9 Å². The van der Waals surface area contributed by atoms with Gasteiger partial charge in [-0.25, -0.2) is 0 Å². The molecule has 5 nitrogen and oxygen atoms in total. The molecule has 0 rings (SSSR count). The van der Waals surface area contributed by atoms with Gasteiger partial charge in [-0.15, -0.1) is 0 Å². The fraction of sp³-hybridized carbons (Fsp3) is 0.769. The second-order valence-corrected chi connectivity index (χ2v) is 12.4.